The second kappa shape index (κ2) is 7.10. The molecule has 1 fully saturated rings. The molecule has 0 radical (unpaired) electrons. The van der Waals surface area contributed by atoms with E-state index in [-0.39, 0.29) is 12.5 Å². The molecular formula is C17H24N4O2. The number of carbonyl (C=O) groups is 1. The number of rotatable bonds is 6. The second-order valence-corrected chi connectivity index (χ2v) is 6.03. The Balaban J connectivity index is 1.72. The van der Waals surface area contributed by atoms with E-state index in [9.17, 15) is 4.79 Å². The summed E-state index contributed by atoms with van der Waals surface area (Å²) < 4.78 is 7.72. The Bertz CT molecular complexity index is 601. The van der Waals surface area contributed by atoms with E-state index < -0.39 is 5.60 Å². The molecule has 2 aliphatic rings. The van der Waals surface area contributed by atoms with Crippen LogP contribution in [0.1, 0.15) is 24.8 Å². The first-order valence-electron chi connectivity index (χ1n) is 8.23. The minimum Gasteiger partial charge on any atom is -0.364 e. The number of likely N-dealkylation sites (tertiary alicyclic amines) is 1. The van der Waals surface area contributed by atoms with Crippen molar-refractivity contribution in [2.45, 2.75) is 31.4 Å². The quantitative estimate of drug-likeness (QED) is 0.855. The highest BCUT2D eigenvalue weighted by atomic mass is 16.5. The molecule has 1 saturated heterocycles. The Kier molecular flexibility index (Phi) is 4.93. The van der Waals surface area contributed by atoms with E-state index in [2.05, 4.69) is 11.2 Å². The van der Waals surface area contributed by atoms with Gasteiger partial charge in [-0.3, -0.25) is 9.48 Å². The molecule has 1 unspecified atom stereocenters. The van der Waals surface area contributed by atoms with Gasteiger partial charge < -0.3 is 15.4 Å². The largest absolute Gasteiger partial charge is 0.364 e. The number of carbonyl (C=O) groups excluding carboxylic acids is 1. The van der Waals surface area contributed by atoms with Crippen LogP contribution in [0.3, 0.4) is 0 Å². The normalized spacial score (nSPS) is 23.6. The standard InChI is InChI=1S/C17H24N4O2/c18-8-11-23-17(6-2-1-3-7-17)15-12-19-21(13-15)14-16(22)20-9-4-5-10-20/h1-3,6,12-13H,4-5,7-11,14,18H2. The van der Waals surface area contributed by atoms with Crippen molar-refractivity contribution in [3.63, 3.8) is 0 Å². The van der Waals surface area contributed by atoms with Gasteiger partial charge in [-0.25, -0.2) is 0 Å². The first kappa shape index (κ1) is 16.0. The molecule has 1 atom stereocenters. The van der Waals surface area contributed by atoms with Crippen molar-refractivity contribution >= 4 is 5.91 Å². The Labute approximate surface area is 136 Å². The SMILES string of the molecule is NCCOC1(c2cnn(CC(=O)N3CCCC3)c2)C=CC=CC1. The van der Waals surface area contributed by atoms with Crippen molar-refractivity contribution in [1.82, 2.24) is 14.7 Å². The maximum absolute atomic E-state index is 12.2. The third kappa shape index (κ3) is 3.54. The van der Waals surface area contributed by atoms with Gasteiger partial charge in [0.15, 0.2) is 0 Å². The first-order valence-corrected chi connectivity index (χ1v) is 8.23. The number of nitrogens with two attached hydrogens (primary N) is 1. The molecule has 1 amide bonds. The van der Waals surface area contributed by atoms with Crippen molar-refractivity contribution < 1.29 is 9.53 Å². The van der Waals surface area contributed by atoms with Crippen LogP contribution in [0, 0.1) is 0 Å². The third-order valence-electron chi connectivity index (χ3n) is 4.39. The van der Waals surface area contributed by atoms with E-state index in [1.165, 1.54) is 0 Å². The van der Waals surface area contributed by atoms with Gasteiger partial charge in [0.1, 0.15) is 12.1 Å². The van der Waals surface area contributed by atoms with Gasteiger partial charge in [0.05, 0.1) is 12.8 Å². The summed E-state index contributed by atoms with van der Waals surface area (Å²) in [4.78, 5) is 14.2. The summed E-state index contributed by atoms with van der Waals surface area (Å²) in [7, 11) is 0. The van der Waals surface area contributed by atoms with Gasteiger partial charge in [-0.15, -0.1) is 0 Å². The van der Waals surface area contributed by atoms with Crippen molar-refractivity contribution in [3.8, 4) is 0 Å². The van der Waals surface area contributed by atoms with Crippen LogP contribution in [0.25, 0.3) is 0 Å². The fraction of sp³-hybridized carbons (Fsp3) is 0.529. The van der Waals surface area contributed by atoms with Gasteiger partial charge >= 0.3 is 0 Å². The summed E-state index contributed by atoms with van der Waals surface area (Å²) in [6, 6.07) is 0. The molecular weight excluding hydrogens is 292 g/mol. The average Bonchev–Trinajstić information content (AvgIpc) is 3.25. The van der Waals surface area contributed by atoms with Crippen LogP contribution in [-0.4, -0.2) is 46.8 Å². The number of allylic oxidation sites excluding steroid dienone is 2. The fourth-order valence-electron chi connectivity index (χ4n) is 3.12. The lowest BCUT2D eigenvalue weighted by Gasteiger charge is -2.30. The molecule has 2 heterocycles. The molecule has 124 valence electrons. The monoisotopic (exact) mass is 316 g/mol. The van der Waals surface area contributed by atoms with Gasteiger partial charge in [0.2, 0.25) is 5.91 Å². The lowest BCUT2D eigenvalue weighted by atomic mass is 9.89. The number of amides is 1. The molecule has 1 aromatic rings. The zero-order chi connectivity index (χ0) is 16.1. The number of aromatic nitrogens is 2. The van der Waals surface area contributed by atoms with Crippen LogP contribution in [0.2, 0.25) is 0 Å². The highest BCUT2D eigenvalue weighted by Gasteiger charge is 2.32. The summed E-state index contributed by atoms with van der Waals surface area (Å²) in [5.41, 5.74) is 6.02. The first-order chi connectivity index (χ1) is 11.2. The smallest absolute Gasteiger partial charge is 0.244 e. The predicted molar refractivity (Wildman–Crippen MR) is 87.6 cm³/mol. The summed E-state index contributed by atoms with van der Waals surface area (Å²) in [6.07, 6.45) is 14.7. The average molecular weight is 316 g/mol. The van der Waals surface area contributed by atoms with E-state index in [0.717, 1.165) is 37.9 Å². The Hall–Kier alpha value is -1.92. The van der Waals surface area contributed by atoms with Gasteiger partial charge in [-0.1, -0.05) is 18.2 Å². The molecule has 0 spiro atoms. The summed E-state index contributed by atoms with van der Waals surface area (Å²) >= 11 is 0. The lowest BCUT2D eigenvalue weighted by Crippen LogP contribution is -2.31. The predicted octanol–water partition coefficient (Wildman–Crippen LogP) is 1.19. The molecule has 1 aliphatic heterocycles. The lowest BCUT2D eigenvalue weighted by molar-refractivity contribution is -0.130. The minimum absolute atomic E-state index is 0.133. The van der Waals surface area contributed by atoms with Gasteiger partial charge in [0, 0.05) is 37.8 Å². The van der Waals surface area contributed by atoms with Crippen molar-refractivity contribution in [3.05, 3.63) is 42.3 Å². The molecule has 0 aromatic carbocycles. The molecule has 1 aromatic heterocycles. The molecule has 3 rings (SSSR count). The molecule has 0 saturated carbocycles. The summed E-state index contributed by atoms with van der Waals surface area (Å²) in [5, 5.41) is 4.36. The highest BCUT2D eigenvalue weighted by Crippen LogP contribution is 2.33. The molecule has 23 heavy (non-hydrogen) atoms. The van der Waals surface area contributed by atoms with Crippen molar-refractivity contribution in [1.29, 1.82) is 0 Å². The van der Waals surface area contributed by atoms with Crippen LogP contribution in [0.15, 0.2) is 36.7 Å². The Morgan fingerprint density at radius 2 is 2.17 bits per heavy atom. The molecule has 2 N–H and O–H groups in total. The molecule has 6 nitrogen and oxygen atoms in total. The number of nitrogens with zero attached hydrogens (tertiary/aromatic N) is 3. The van der Waals surface area contributed by atoms with Gasteiger partial charge in [0.25, 0.3) is 0 Å². The maximum atomic E-state index is 12.2. The topological polar surface area (TPSA) is 73.4 Å². The molecule has 1 aliphatic carbocycles. The van der Waals surface area contributed by atoms with Crippen LogP contribution in [-0.2, 0) is 21.7 Å². The second-order valence-electron chi connectivity index (χ2n) is 6.03. The van der Waals surface area contributed by atoms with E-state index in [4.69, 9.17) is 10.5 Å². The zero-order valence-corrected chi connectivity index (χ0v) is 13.4. The van der Waals surface area contributed by atoms with Crippen molar-refractivity contribution in [2.75, 3.05) is 26.2 Å². The zero-order valence-electron chi connectivity index (χ0n) is 13.4. The Morgan fingerprint density at radius 1 is 1.35 bits per heavy atom. The van der Waals surface area contributed by atoms with E-state index in [1.807, 2.05) is 29.3 Å². The van der Waals surface area contributed by atoms with Crippen molar-refractivity contribution in [2.24, 2.45) is 5.73 Å². The summed E-state index contributed by atoms with van der Waals surface area (Å²) in [5.74, 6) is 0.133. The Morgan fingerprint density at radius 3 is 2.87 bits per heavy atom. The van der Waals surface area contributed by atoms with E-state index in [1.54, 1.807) is 10.9 Å². The maximum Gasteiger partial charge on any atom is 0.244 e. The van der Waals surface area contributed by atoms with Crippen LogP contribution < -0.4 is 5.73 Å². The molecule has 6 heteroatoms. The summed E-state index contributed by atoms with van der Waals surface area (Å²) in [6.45, 7) is 2.97. The minimum atomic E-state index is -0.525. The number of ether oxygens (including phenoxy) is 1. The van der Waals surface area contributed by atoms with E-state index in [0.29, 0.717) is 13.2 Å². The number of hydrogen-bond acceptors (Lipinski definition) is 4. The van der Waals surface area contributed by atoms with E-state index >= 15 is 0 Å². The fourth-order valence-corrected chi connectivity index (χ4v) is 3.12. The highest BCUT2D eigenvalue weighted by molar-refractivity contribution is 5.76. The molecule has 0 bridgehead atoms. The number of hydrogen-bond donors (Lipinski definition) is 1. The van der Waals surface area contributed by atoms with Crippen LogP contribution in [0.4, 0.5) is 0 Å². The van der Waals surface area contributed by atoms with Gasteiger partial charge in [-0.05, 0) is 18.9 Å². The van der Waals surface area contributed by atoms with Crippen LogP contribution in [0.5, 0.6) is 0 Å². The van der Waals surface area contributed by atoms with Gasteiger partial charge in [-0.2, -0.15) is 5.10 Å². The van der Waals surface area contributed by atoms with Crippen LogP contribution >= 0.6 is 0 Å². The third-order valence-corrected chi connectivity index (χ3v) is 4.39.